The molecule has 2 unspecified atom stereocenters. The van der Waals surface area contributed by atoms with Gasteiger partial charge in [-0.05, 0) is 37.5 Å². The highest BCUT2D eigenvalue weighted by Crippen LogP contribution is 2.25. The van der Waals surface area contributed by atoms with E-state index in [1.165, 1.54) is 6.07 Å². The van der Waals surface area contributed by atoms with E-state index in [9.17, 15) is 10.2 Å². The fourth-order valence-corrected chi connectivity index (χ4v) is 2.07. The number of rotatable bonds is 6. The van der Waals surface area contributed by atoms with E-state index in [-0.39, 0.29) is 17.5 Å². The second-order valence-corrected chi connectivity index (χ2v) is 4.56. The van der Waals surface area contributed by atoms with Gasteiger partial charge in [-0.2, -0.15) is 0 Å². The van der Waals surface area contributed by atoms with Crippen molar-refractivity contribution >= 4 is 0 Å². The molecule has 2 atom stereocenters. The number of aromatic hydroxyl groups is 2. The zero-order valence-electron chi connectivity index (χ0n) is 10.9. The summed E-state index contributed by atoms with van der Waals surface area (Å²) in [4.78, 5) is 0. The Morgan fingerprint density at radius 3 is 2.18 bits per heavy atom. The third-order valence-electron chi connectivity index (χ3n) is 3.04. The number of nitrogens with one attached hydrogen (secondary N) is 1. The minimum atomic E-state index is 0.109. The van der Waals surface area contributed by atoms with Crippen molar-refractivity contribution in [1.29, 1.82) is 0 Å². The van der Waals surface area contributed by atoms with Gasteiger partial charge in [0.1, 0.15) is 11.5 Å². The molecular formula is C14H23NO2. The van der Waals surface area contributed by atoms with Gasteiger partial charge in [-0.1, -0.05) is 20.3 Å². The van der Waals surface area contributed by atoms with E-state index in [1.807, 2.05) is 6.92 Å². The molecule has 0 saturated carbocycles. The monoisotopic (exact) mass is 237 g/mol. The summed E-state index contributed by atoms with van der Waals surface area (Å²) in [6, 6.07) is 5.34. The van der Waals surface area contributed by atoms with E-state index in [4.69, 9.17) is 0 Å². The molecule has 3 nitrogen and oxygen atoms in total. The van der Waals surface area contributed by atoms with Crippen LogP contribution in [0.3, 0.4) is 0 Å². The highest BCUT2D eigenvalue weighted by atomic mass is 16.3. The standard InChI is InChI=1S/C14H23NO2/c1-4-6-12(5-2)15-10(3)11-7-13(16)9-14(17)8-11/h7-10,12,15-17H,4-6H2,1-3H3. The molecule has 0 fully saturated rings. The predicted molar refractivity (Wildman–Crippen MR) is 70.3 cm³/mol. The largest absolute Gasteiger partial charge is 0.508 e. The Kier molecular flexibility index (Phi) is 5.29. The van der Waals surface area contributed by atoms with Crippen molar-refractivity contribution < 1.29 is 10.2 Å². The van der Waals surface area contributed by atoms with Gasteiger partial charge in [0.05, 0.1) is 0 Å². The molecule has 0 amide bonds. The molecule has 0 aliphatic carbocycles. The maximum atomic E-state index is 9.45. The lowest BCUT2D eigenvalue weighted by Crippen LogP contribution is -2.30. The first-order chi connectivity index (χ1) is 8.06. The summed E-state index contributed by atoms with van der Waals surface area (Å²) in [5.74, 6) is 0.217. The van der Waals surface area contributed by atoms with Crippen LogP contribution in [0, 0.1) is 0 Å². The maximum Gasteiger partial charge on any atom is 0.119 e. The van der Waals surface area contributed by atoms with Gasteiger partial charge in [0, 0.05) is 18.2 Å². The molecule has 3 N–H and O–H groups in total. The quantitative estimate of drug-likeness (QED) is 0.711. The van der Waals surface area contributed by atoms with E-state index >= 15 is 0 Å². The normalized spacial score (nSPS) is 14.5. The Morgan fingerprint density at radius 1 is 1.12 bits per heavy atom. The van der Waals surface area contributed by atoms with Crippen LogP contribution in [0.15, 0.2) is 18.2 Å². The van der Waals surface area contributed by atoms with Crippen LogP contribution in [0.1, 0.15) is 51.6 Å². The van der Waals surface area contributed by atoms with Crippen LogP contribution in [-0.2, 0) is 0 Å². The van der Waals surface area contributed by atoms with Crippen molar-refractivity contribution in [3.05, 3.63) is 23.8 Å². The molecule has 17 heavy (non-hydrogen) atoms. The summed E-state index contributed by atoms with van der Waals surface area (Å²) in [5.41, 5.74) is 0.914. The van der Waals surface area contributed by atoms with E-state index in [0.717, 1.165) is 24.8 Å². The van der Waals surface area contributed by atoms with Gasteiger partial charge in [-0.3, -0.25) is 0 Å². The Balaban J connectivity index is 2.71. The van der Waals surface area contributed by atoms with Gasteiger partial charge in [-0.25, -0.2) is 0 Å². The third-order valence-corrected chi connectivity index (χ3v) is 3.04. The van der Waals surface area contributed by atoms with Gasteiger partial charge in [0.25, 0.3) is 0 Å². The lowest BCUT2D eigenvalue weighted by atomic mass is 10.0. The molecule has 0 bridgehead atoms. The molecule has 0 aromatic heterocycles. The van der Waals surface area contributed by atoms with Gasteiger partial charge in [0.15, 0.2) is 0 Å². The SMILES string of the molecule is CCCC(CC)NC(C)c1cc(O)cc(O)c1. The van der Waals surface area contributed by atoms with Crippen LogP contribution >= 0.6 is 0 Å². The van der Waals surface area contributed by atoms with E-state index in [1.54, 1.807) is 12.1 Å². The Hall–Kier alpha value is -1.22. The molecule has 1 aromatic carbocycles. The zero-order valence-corrected chi connectivity index (χ0v) is 10.9. The number of benzene rings is 1. The molecular weight excluding hydrogens is 214 g/mol. The Morgan fingerprint density at radius 2 is 1.71 bits per heavy atom. The van der Waals surface area contributed by atoms with Crippen molar-refractivity contribution in [2.45, 2.75) is 52.1 Å². The second-order valence-electron chi connectivity index (χ2n) is 4.56. The molecule has 0 heterocycles. The summed E-state index contributed by atoms with van der Waals surface area (Å²) in [6.07, 6.45) is 3.39. The third kappa shape index (κ3) is 4.27. The Labute approximate surface area is 103 Å². The van der Waals surface area contributed by atoms with Crippen LogP contribution in [0.2, 0.25) is 0 Å². The van der Waals surface area contributed by atoms with Gasteiger partial charge >= 0.3 is 0 Å². The molecule has 0 aliphatic heterocycles. The zero-order chi connectivity index (χ0) is 12.8. The molecule has 1 rings (SSSR count). The molecule has 3 heteroatoms. The summed E-state index contributed by atoms with van der Waals surface area (Å²) in [7, 11) is 0. The highest BCUT2D eigenvalue weighted by molar-refractivity contribution is 5.37. The Bertz CT molecular complexity index is 332. The second kappa shape index (κ2) is 6.50. The van der Waals surface area contributed by atoms with Crippen LogP contribution in [-0.4, -0.2) is 16.3 Å². The minimum Gasteiger partial charge on any atom is -0.508 e. The first-order valence-electron chi connectivity index (χ1n) is 6.35. The molecule has 1 aromatic rings. The van der Waals surface area contributed by atoms with Crippen molar-refractivity contribution in [1.82, 2.24) is 5.32 Å². The summed E-state index contributed by atoms with van der Waals surface area (Å²) in [6.45, 7) is 6.39. The maximum absolute atomic E-state index is 9.45. The lowest BCUT2D eigenvalue weighted by Gasteiger charge is -2.22. The lowest BCUT2D eigenvalue weighted by molar-refractivity contribution is 0.410. The summed E-state index contributed by atoms with van der Waals surface area (Å²) in [5, 5.41) is 22.4. The molecule has 0 aliphatic rings. The van der Waals surface area contributed by atoms with Gasteiger partial charge in [-0.15, -0.1) is 0 Å². The first kappa shape index (κ1) is 13.8. The molecule has 0 radical (unpaired) electrons. The minimum absolute atomic E-state index is 0.109. The van der Waals surface area contributed by atoms with Crippen LogP contribution in [0.25, 0.3) is 0 Å². The highest BCUT2D eigenvalue weighted by Gasteiger charge is 2.12. The molecule has 0 saturated heterocycles. The van der Waals surface area contributed by atoms with E-state index in [0.29, 0.717) is 6.04 Å². The van der Waals surface area contributed by atoms with Crippen LogP contribution in [0.4, 0.5) is 0 Å². The van der Waals surface area contributed by atoms with Gasteiger partial charge in [0.2, 0.25) is 0 Å². The number of hydrogen-bond acceptors (Lipinski definition) is 3. The van der Waals surface area contributed by atoms with Crippen LogP contribution < -0.4 is 5.32 Å². The van der Waals surface area contributed by atoms with Crippen molar-refractivity contribution in [2.75, 3.05) is 0 Å². The van der Waals surface area contributed by atoms with Crippen LogP contribution in [0.5, 0.6) is 11.5 Å². The van der Waals surface area contributed by atoms with Crippen molar-refractivity contribution in [3.63, 3.8) is 0 Å². The average Bonchev–Trinajstić information content (AvgIpc) is 2.27. The fraction of sp³-hybridized carbons (Fsp3) is 0.571. The van der Waals surface area contributed by atoms with Crippen molar-refractivity contribution in [2.24, 2.45) is 0 Å². The first-order valence-corrected chi connectivity index (χ1v) is 6.35. The summed E-state index contributed by atoms with van der Waals surface area (Å²) < 4.78 is 0. The molecule has 0 spiro atoms. The topological polar surface area (TPSA) is 52.5 Å². The smallest absolute Gasteiger partial charge is 0.119 e. The number of phenols is 2. The average molecular weight is 237 g/mol. The number of hydrogen-bond donors (Lipinski definition) is 3. The van der Waals surface area contributed by atoms with Crippen molar-refractivity contribution in [3.8, 4) is 11.5 Å². The number of phenolic OH excluding ortho intramolecular Hbond substituents is 2. The fourth-order valence-electron chi connectivity index (χ4n) is 2.07. The van der Waals surface area contributed by atoms with E-state index in [2.05, 4.69) is 19.2 Å². The van der Waals surface area contributed by atoms with E-state index < -0.39 is 0 Å². The predicted octanol–water partition coefficient (Wildman–Crippen LogP) is 3.33. The summed E-state index contributed by atoms with van der Waals surface area (Å²) >= 11 is 0. The molecule has 96 valence electrons. The van der Waals surface area contributed by atoms with Gasteiger partial charge < -0.3 is 15.5 Å².